The topological polar surface area (TPSA) is 139 Å². The Kier molecular flexibility index (Phi) is 5.58. The van der Waals surface area contributed by atoms with Gasteiger partial charge in [-0.1, -0.05) is 6.92 Å². The number of nitrogens with two attached hydrogens (primary N) is 1. The van der Waals surface area contributed by atoms with Crippen LogP contribution < -0.4 is 11.1 Å². The molecule has 0 bridgehead atoms. The van der Waals surface area contributed by atoms with E-state index in [2.05, 4.69) is 5.32 Å². The van der Waals surface area contributed by atoms with Crippen LogP contribution in [0.1, 0.15) is 35.7 Å². The van der Waals surface area contributed by atoms with E-state index < -0.39 is 16.8 Å². The standard InChI is InChI=1S/C16H22N4O5/c1-3-19(8-14(21)22)11-6-10(7-11)18-16(23)12-4-9(2)5-13(15(12)17)20(24)25/h4-5,10-11H,3,6-8,17H2,1-2H3,(H,18,23)(H,21,22). The highest BCUT2D eigenvalue weighted by atomic mass is 16.6. The van der Waals surface area contributed by atoms with Gasteiger partial charge in [0, 0.05) is 18.2 Å². The maximum absolute atomic E-state index is 12.4. The van der Waals surface area contributed by atoms with Crippen LogP contribution in [0.5, 0.6) is 0 Å². The highest BCUT2D eigenvalue weighted by Gasteiger charge is 2.35. The van der Waals surface area contributed by atoms with Gasteiger partial charge in [-0.25, -0.2) is 0 Å². The molecule has 1 aliphatic rings. The summed E-state index contributed by atoms with van der Waals surface area (Å²) in [4.78, 5) is 35.5. The number of hydrogen-bond donors (Lipinski definition) is 3. The SMILES string of the molecule is CCN(CC(=O)O)C1CC(NC(=O)c2cc(C)cc([N+](=O)[O-])c2N)C1. The minimum absolute atomic E-state index is 0.0289. The van der Waals surface area contributed by atoms with E-state index in [9.17, 15) is 19.7 Å². The van der Waals surface area contributed by atoms with Gasteiger partial charge in [0.25, 0.3) is 11.6 Å². The van der Waals surface area contributed by atoms with Crippen LogP contribution in [-0.2, 0) is 4.79 Å². The van der Waals surface area contributed by atoms with Crippen molar-refractivity contribution in [2.75, 3.05) is 18.8 Å². The Balaban J connectivity index is 2.01. The number of likely N-dealkylation sites (N-methyl/N-ethyl adjacent to an activating group) is 1. The lowest BCUT2D eigenvalue weighted by Gasteiger charge is -2.42. The van der Waals surface area contributed by atoms with E-state index in [-0.39, 0.29) is 35.6 Å². The number of anilines is 1. The number of aliphatic carboxylic acids is 1. The molecule has 0 aliphatic heterocycles. The van der Waals surface area contributed by atoms with Crippen molar-refractivity contribution in [3.63, 3.8) is 0 Å². The van der Waals surface area contributed by atoms with Crippen LogP contribution in [0.15, 0.2) is 12.1 Å². The molecule has 9 nitrogen and oxygen atoms in total. The molecule has 25 heavy (non-hydrogen) atoms. The third kappa shape index (κ3) is 4.24. The van der Waals surface area contributed by atoms with Gasteiger partial charge >= 0.3 is 5.97 Å². The van der Waals surface area contributed by atoms with Gasteiger partial charge in [0.15, 0.2) is 0 Å². The average Bonchev–Trinajstić information content (AvgIpc) is 2.49. The van der Waals surface area contributed by atoms with Crippen LogP contribution >= 0.6 is 0 Å². The van der Waals surface area contributed by atoms with Crippen molar-refractivity contribution in [2.24, 2.45) is 0 Å². The summed E-state index contributed by atoms with van der Waals surface area (Å²) in [5, 5.41) is 22.7. The molecule has 4 N–H and O–H groups in total. The predicted molar refractivity (Wildman–Crippen MR) is 91.4 cm³/mol. The van der Waals surface area contributed by atoms with Gasteiger partial charge in [-0.3, -0.25) is 24.6 Å². The quantitative estimate of drug-likeness (QED) is 0.381. The number of hydrogen-bond acceptors (Lipinski definition) is 6. The summed E-state index contributed by atoms with van der Waals surface area (Å²) in [5.74, 6) is -1.33. The molecule has 0 spiro atoms. The number of aryl methyl sites for hydroxylation is 1. The van der Waals surface area contributed by atoms with E-state index in [4.69, 9.17) is 10.8 Å². The number of carbonyl (C=O) groups is 2. The third-order valence-corrected chi connectivity index (χ3v) is 4.45. The zero-order valence-electron chi connectivity index (χ0n) is 14.2. The molecule has 2 rings (SSSR count). The molecule has 0 saturated heterocycles. The molecule has 1 fully saturated rings. The number of nitro groups is 1. The van der Waals surface area contributed by atoms with Gasteiger partial charge in [-0.15, -0.1) is 0 Å². The van der Waals surface area contributed by atoms with Crippen LogP contribution in [0.3, 0.4) is 0 Å². The predicted octanol–water partition coefficient (Wildman–Crippen LogP) is 1.15. The number of amides is 1. The highest BCUT2D eigenvalue weighted by molar-refractivity contribution is 6.01. The van der Waals surface area contributed by atoms with Crippen molar-refractivity contribution in [2.45, 2.75) is 38.8 Å². The second-order valence-electron chi connectivity index (χ2n) is 6.25. The number of carboxylic acid groups (broad SMARTS) is 1. The largest absolute Gasteiger partial charge is 0.480 e. The second-order valence-corrected chi connectivity index (χ2v) is 6.25. The Bertz CT molecular complexity index is 700. The van der Waals surface area contributed by atoms with E-state index in [1.54, 1.807) is 6.92 Å². The van der Waals surface area contributed by atoms with E-state index in [0.29, 0.717) is 24.9 Å². The summed E-state index contributed by atoms with van der Waals surface area (Å²) in [5.41, 5.74) is 6.01. The molecule has 0 aromatic heterocycles. The number of nitro benzene ring substituents is 1. The van der Waals surface area contributed by atoms with Gasteiger partial charge in [0.2, 0.25) is 0 Å². The first kappa shape index (κ1) is 18.7. The number of benzene rings is 1. The van der Waals surface area contributed by atoms with Crippen molar-refractivity contribution in [3.05, 3.63) is 33.4 Å². The number of carbonyl (C=O) groups excluding carboxylic acids is 1. The Labute approximate surface area is 144 Å². The third-order valence-electron chi connectivity index (χ3n) is 4.45. The fraction of sp³-hybridized carbons (Fsp3) is 0.500. The van der Waals surface area contributed by atoms with Crippen molar-refractivity contribution < 1.29 is 19.6 Å². The van der Waals surface area contributed by atoms with E-state index in [0.717, 1.165) is 0 Å². The molecule has 9 heteroatoms. The molecular formula is C16H22N4O5. The summed E-state index contributed by atoms with van der Waals surface area (Å²) >= 11 is 0. The summed E-state index contributed by atoms with van der Waals surface area (Å²) < 4.78 is 0. The van der Waals surface area contributed by atoms with Gasteiger partial charge in [0.05, 0.1) is 17.0 Å². The van der Waals surface area contributed by atoms with Gasteiger partial charge in [0.1, 0.15) is 5.69 Å². The Morgan fingerprint density at radius 1 is 1.44 bits per heavy atom. The molecule has 1 aliphatic carbocycles. The second kappa shape index (κ2) is 7.47. The van der Waals surface area contributed by atoms with Crippen molar-refractivity contribution >= 4 is 23.3 Å². The Morgan fingerprint density at radius 3 is 2.60 bits per heavy atom. The van der Waals surface area contributed by atoms with E-state index in [1.807, 2.05) is 11.8 Å². The van der Waals surface area contributed by atoms with E-state index in [1.165, 1.54) is 12.1 Å². The molecule has 0 radical (unpaired) electrons. The number of carboxylic acids is 1. The average molecular weight is 350 g/mol. The van der Waals surface area contributed by atoms with Crippen LogP contribution in [0.25, 0.3) is 0 Å². The van der Waals surface area contributed by atoms with Gasteiger partial charge < -0.3 is 16.2 Å². The molecule has 1 aromatic carbocycles. The maximum atomic E-state index is 12.4. The zero-order chi connectivity index (χ0) is 18.7. The minimum Gasteiger partial charge on any atom is -0.480 e. The first-order valence-electron chi connectivity index (χ1n) is 8.04. The lowest BCUT2D eigenvalue weighted by Crippen LogP contribution is -2.54. The fourth-order valence-electron chi connectivity index (χ4n) is 3.06. The number of nitrogens with zero attached hydrogens (tertiary/aromatic N) is 2. The molecule has 1 saturated carbocycles. The molecule has 0 heterocycles. The molecule has 0 atom stereocenters. The van der Waals surface area contributed by atoms with Crippen LogP contribution in [0.2, 0.25) is 0 Å². The number of rotatable bonds is 7. The lowest BCUT2D eigenvalue weighted by atomic mass is 9.85. The van der Waals surface area contributed by atoms with Crippen LogP contribution in [0.4, 0.5) is 11.4 Å². The highest BCUT2D eigenvalue weighted by Crippen LogP contribution is 2.29. The maximum Gasteiger partial charge on any atom is 0.317 e. The van der Waals surface area contributed by atoms with Gasteiger partial charge in [-0.2, -0.15) is 0 Å². The van der Waals surface area contributed by atoms with Crippen LogP contribution in [0, 0.1) is 17.0 Å². The zero-order valence-corrected chi connectivity index (χ0v) is 14.2. The van der Waals surface area contributed by atoms with Crippen molar-refractivity contribution in [1.82, 2.24) is 10.2 Å². The summed E-state index contributed by atoms with van der Waals surface area (Å²) in [6.45, 7) is 4.14. The molecule has 1 aromatic rings. The molecule has 0 unspecified atom stereocenters. The lowest BCUT2D eigenvalue weighted by molar-refractivity contribution is -0.384. The molecule has 1 amide bonds. The smallest absolute Gasteiger partial charge is 0.317 e. The van der Waals surface area contributed by atoms with Crippen molar-refractivity contribution in [3.8, 4) is 0 Å². The minimum atomic E-state index is -0.880. The first-order valence-corrected chi connectivity index (χ1v) is 8.04. The Hall–Kier alpha value is -2.68. The Morgan fingerprint density at radius 2 is 2.08 bits per heavy atom. The van der Waals surface area contributed by atoms with Gasteiger partial charge in [-0.05, 0) is 37.9 Å². The van der Waals surface area contributed by atoms with Crippen molar-refractivity contribution in [1.29, 1.82) is 0 Å². The summed E-state index contributed by atoms with van der Waals surface area (Å²) in [6, 6.07) is 2.86. The normalized spacial score (nSPS) is 19.3. The first-order chi connectivity index (χ1) is 11.7. The fourth-order valence-corrected chi connectivity index (χ4v) is 3.06. The molecule has 136 valence electrons. The van der Waals surface area contributed by atoms with E-state index >= 15 is 0 Å². The molecular weight excluding hydrogens is 328 g/mol. The number of nitrogens with one attached hydrogen (secondary N) is 1. The monoisotopic (exact) mass is 350 g/mol. The van der Waals surface area contributed by atoms with Crippen LogP contribution in [-0.4, -0.2) is 52.0 Å². The summed E-state index contributed by atoms with van der Waals surface area (Å²) in [6.07, 6.45) is 1.28. The summed E-state index contributed by atoms with van der Waals surface area (Å²) in [7, 11) is 0. The number of nitrogen functional groups attached to an aromatic ring is 1.